The van der Waals surface area contributed by atoms with E-state index >= 15 is 0 Å². The Balaban J connectivity index is 3.40. The fourth-order valence-corrected chi connectivity index (χ4v) is 1.31. The molecule has 5 heteroatoms. The van der Waals surface area contributed by atoms with Crippen LogP contribution in [0, 0.1) is 5.41 Å². The highest BCUT2D eigenvalue weighted by Crippen LogP contribution is 2.39. The summed E-state index contributed by atoms with van der Waals surface area (Å²) >= 11 is 0. The van der Waals surface area contributed by atoms with E-state index in [2.05, 4.69) is 0 Å². The first kappa shape index (κ1) is 11.2. The lowest BCUT2D eigenvalue weighted by atomic mass is 10.1. The molecule has 0 fully saturated rings. The third-order valence-corrected chi connectivity index (χ3v) is 1.99. The predicted molar refractivity (Wildman–Crippen MR) is 57.1 cm³/mol. The van der Waals surface area contributed by atoms with Crippen molar-refractivity contribution in [1.29, 1.82) is 5.41 Å². The van der Waals surface area contributed by atoms with Gasteiger partial charge in [0, 0.05) is 0 Å². The monoisotopic (exact) mass is 210 g/mol. The van der Waals surface area contributed by atoms with Gasteiger partial charge in [0.15, 0.2) is 11.5 Å². The number of benzene rings is 1. The molecule has 0 aliphatic heterocycles. The zero-order valence-electron chi connectivity index (χ0n) is 8.96. The van der Waals surface area contributed by atoms with Gasteiger partial charge in [0.05, 0.1) is 26.9 Å². The Kier molecular flexibility index (Phi) is 3.38. The zero-order chi connectivity index (χ0) is 11.4. The topological polar surface area (TPSA) is 77.6 Å². The summed E-state index contributed by atoms with van der Waals surface area (Å²) in [5.74, 6) is 1.31. The van der Waals surface area contributed by atoms with Crippen molar-refractivity contribution in [2.45, 2.75) is 0 Å². The van der Waals surface area contributed by atoms with Gasteiger partial charge >= 0.3 is 0 Å². The SMILES string of the molecule is COc1ccc(C(=N)N)c(OC)c1OC. The molecule has 15 heavy (non-hydrogen) atoms. The molecular weight excluding hydrogens is 196 g/mol. The van der Waals surface area contributed by atoms with Gasteiger partial charge in [0.25, 0.3) is 0 Å². The van der Waals surface area contributed by atoms with Crippen LogP contribution < -0.4 is 19.9 Å². The van der Waals surface area contributed by atoms with Gasteiger partial charge < -0.3 is 19.9 Å². The van der Waals surface area contributed by atoms with E-state index in [4.69, 9.17) is 25.4 Å². The zero-order valence-corrected chi connectivity index (χ0v) is 8.96. The lowest BCUT2D eigenvalue weighted by molar-refractivity contribution is 0.324. The van der Waals surface area contributed by atoms with E-state index in [1.165, 1.54) is 21.3 Å². The van der Waals surface area contributed by atoms with E-state index in [-0.39, 0.29) is 5.84 Å². The largest absolute Gasteiger partial charge is 0.493 e. The van der Waals surface area contributed by atoms with Gasteiger partial charge in [-0.2, -0.15) is 0 Å². The van der Waals surface area contributed by atoms with Crippen molar-refractivity contribution in [3.63, 3.8) is 0 Å². The van der Waals surface area contributed by atoms with Crippen molar-refractivity contribution < 1.29 is 14.2 Å². The first-order chi connectivity index (χ1) is 7.15. The number of ether oxygens (including phenoxy) is 3. The molecule has 82 valence electrons. The van der Waals surface area contributed by atoms with Crippen LogP contribution in [-0.2, 0) is 0 Å². The summed E-state index contributed by atoms with van der Waals surface area (Å²) in [4.78, 5) is 0. The minimum absolute atomic E-state index is 0.0761. The third kappa shape index (κ3) is 1.96. The summed E-state index contributed by atoms with van der Waals surface area (Å²) in [7, 11) is 4.53. The number of hydrogen-bond acceptors (Lipinski definition) is 4. The maximum Gasteiger partial charge on any atom is 0.204 e. The molecule has 0 amide bonds. The Morgan fingerprint density at radius 3 is 2.07 bits per heavy atom. The third-order valence-electron chi connectivity index (χ3n) is 1.99. The highest BCUT2D eigenvalue weighted by Gasteiger charge is 2.16. The molecule has 0 saturated carbocycles. The Morgan fingerprint density at radius 1 is 1.07 bits per heavy atom. The van der Waals surface area contributed by atoms with Gasteiger partial charge in [0.1, 0.15) is 5.84 Å². The summed E-state index contributed by atoms with van der Waals surface area (Å²) in [6, 6.07) is 3.33. The van der Waals surface area contributed by atoms with Crippen molar-refractivity contribution in [2.24, 2.45) is 5.73 Å². The molecule has 0 atom stereocenters. The molecule has 1 rings (SSSR count). The molecule has 1 aromatic carbocycles. The number of hydrogen-bond donors (Lipinski definition) is 2. The molecule has 3 N–H and O–H groups in total. The molecule has 0 bridgehead atoms. The second-order valence-electron chi connectivity index (χ2n) is 2.80. The molecule has 1 aromatic rings. The highest BCUT2D eigenvalue weighted by molar-refractivity contribution is 5.98. The van der Waals surface area contributed by atoms with Crippen LogP contribution in [0.1, 0.15) is 5.56 Å². The molecule has 0 spiro atoms. The van der Waals surface area contributed by atoms with Gasteiger partial charge in [-0.3, -0.25) is 5.41 Å². The second-order valence-corrected chi connectivity index (χ2v) is 2.80. The Bertz CT molecular complexity index is 377. The summed E-state index contributed by atoms with van der Waals surface area (Å²) in [6.07, 6.45) is 0. The van der Waals surface area contributed by atoms with Crippen molar-refractivity contribution in [3.8, 4) is 17.2 Å². The molecule has 5 nitrogen and oxygen atoms in total. The molecule has 0 unspecified atom stereocenters. The smallest absolute Gasteiger partial charge is 0.204 e. The molecule has 0 aromatic heterocycles. The number of rotatable bonds is 4. The highest BCUT2D eigenvalue weighted by atomic mass is 16.5. The Morgan fingerprint density at radius 2 is 1.67 bits per heavy atom. The Labute approximate surface area is 88.3 Å². The number of methoxy groups -OCH3 is 3. The number of amidine groups is 1. The second kappa shape index (κ2) is 4.54. The standard InChI is InChI=1S/C10H14N2O3/c1-13-7-5-4-6(10(11)12)8(14-2)9(7)15-3/h4-5H,1-3H3,(H3,11,12). The maximum absolute atomic E-state index is 7.38. The number of nitrogen functional groups attached to an aromatic ring is 1. The first-order valence-electron chi connectivity index (χ1n) is 4.29. The quantitative estimate of drug-likeness (QED) is 0.574. The average molecular weight is 210 g/mol. The van der Waals surface area contributed by atoms with Gasteiger partial charge in [-0.1, -0.05) is 0 Å². The summed E-state index contributed by atoms with van der Waals surface area (Å²) in [6.45, 7) is 0. The average Bonchev–Trinajstić information content (AvgIpc) is 2.26. The van der Waals surface area contributed by atoms with Crippen molar-refractivity contribution in [2.75, 3.05) is 21.3 Å². The molecular formula is C10H14N2O3. The van der Waals surface area contributed by atoms with E-state index in [1.807, 2.05) is 0 Å². The molecule has 0 aliphatic carbocycles. The fraction of sp³-hybridized carbons (Fsp3) is 0.300. The van der Waals surface area contributed by atoms with Crippen LogP contribution in [0.4, 0.5) is 0 Å². The lowest BCUT2D eigenvalue weighted by Crippen LogP contribution is -2.13. The van der Waals surface area contributed by atoms with Crippen LogP contribution in [0.15, 0.2) is 12.1 Å². The molecule has 0 heterocycles. The van der Waals surface area contributed by atoms with Gasteiger partial charge in [-0.05, 0) is 12.1 Å². The van der Waals surface area contributed by atoms with Crippen LogP contribution in [0.5, 0.6) is 17.2 Å². The predicted octanol–water partition coefficient (Wildman–Crippen LogP) is 0.996. The van der Waals surface area contributed by atoms with Gasteiger partial charge in [-0.25, -0.2) is 0 Å². The molecule has 0 saturated heterocycles. The van der Waals surface area contributed by atoms with E-state index < -0.39 is 0 Å². The van der Waals surface area contributed by atoms with E-state index in [1.54, 1.807) is 12.1 Å². The van der Waals surface area contributed by atoms with Crippen LogP contribution in [0.25, 0.3) is 0 Å². The van der Waals surface area contributed by atoms with E-state index in [9.17, 15) is 0 Å². The van der Waals surface area contributed by atoms with Crippen LogP contribution in [0.3, 0.4) is 0 Å². The van der Waals surface area contributed by atoms with Crippen LogP contribution in [-0.4, -0.2) is 27.2 Å². The van der Waals surface area contributed by atoms with Crippen LogP contribution >= 0.6 is 0 Å². The first-order valence-corrected chi connectivity index (χ1v) is 4.29. The lowest BCUT2D eigenvalue weighted by Gasteiger charge is -2.14. The number of nitrogens with two attached hydrogens (primary N) is 1. The Hall–Kier alpha value is -1.91. The number of nitrogens with one attached hydrogen (secondary N) is 1. The normalized spacial score (nSPS) is 9.53. The molecule has 0 radical (unpaired) electrons. The van der Waals surface area contributed by atoms with Crippen LogP contribution in [0.2, 0.25) is 0 Å². The molecule has 0 aliphatic rings. The van der Waals surface area contributed by atoms with Crippen molar-refractivity contribution in [3.05, 3.63) is 17.7 Å². The minimum Gasteiger partial charge on any atom is -0.493 e. The maximum atomic E-state index is 7.38. The van der Waals surface area contributed by atoms with E-state index in [0.29, 0.717) is 22.8 Å². The summed E-state index contributed by atoms with van der Waals surface area (Å²) < 4.78 is 15.4. The van der Waals surface area contributed by atoms with Crippen molar-refractivity contribution in [1.82, 2.24) is 0 Å². The summed E-state index contributed by atoms with van der Waals surface area (Å²) in [5, 5.41) is 7.38. The van der Waals surface area contributed by atoms with E-state index in [0.717, 1.165) is 0 Å². The summed E-state index contributed by atoms with van der Waals surface area (Å²) in [5.41, 5.74) is 5.89. The van der Waals surface area contributed by atoms with Crippen molar-refractivity contribution >= 4 is 5.84 Å². The fourth-order valence-electron chi connectivity index (χ4n) is 1.31. The van der Waals surface area contributed by atoms with Gasteiger partial charge in [0.2, 0.25) is 5.75 Å². The minimum atomic E-state index is -0.0761. The van der Waals surface area contributed by atoms with Gasteiger partial charge in [-0.15, -0.1) is 0 Å².